The SMILES string of the molecule is C(=Cc1ccccc1)=CC12c3ccccc3C(c3ccccc31)c1ccccc12. The smallest absolute Gasteiger partial charge is 0.0714 e. The first kappa shape index (κ1) is 16.4. The number of benzene rings is 4. The minimum absolute atomic E-state index is 0.302. The highest BCUT2D eigenvalue weighted by atomic mass is 14.5. The zero-order valence-corrected chi connectivity index (χ0v) is 16.0. The van der Waals surface area contributed by atoms with Gasteiger partial charge in [0.05, 0.1) is 5.41 Å². The summed E-state index contributed by atoms with van der Waals surface area (Å²) in [6.45, 7) is 0. The highest BCUT2D eigenvalue weighted by Crippen LogP contribution is 2.59. The summed E-state index contributed by atoms with van der Waals surface area (Å²) < 4.78 is 0. The van der Waals surface area contributed by atoms with E-state index in [1.165, 1.54) is 38.9 Å². The summed E-state index contributed by atoms with van der Waals surface area (Å²) in [5.74, 6) is 0.312. The minimum Gasteiger partial charge on any atom is -0.123 e. The lowest BCUT2D eigenvalue weighted by Gasteiger charge is -2.49. The third-order valence-corrected chi connectivity index (χ3v) is 6.44. The summed E-state index contributed by atoms with van der Waals surface area (Å²) in [5, 5.41) is 0. The van der Waals surface area contributed by atoms with Crippen LogP contribution in [0.3, 0.4) is 0 Å². The van der Waals surface area contributed by atoms with E-state index in [1.54, 1.807) is 0 Å². The van der Waals surface area contributed by atoms with Crippen LogP contribution < -0.4 is 0 Å². The molecule has 0 saturated carbocycles. The fourth-order valence-electron chi connectivity index (χ4n) is 5.31. The standard InChI is InChI=1S/C29H20/c1-2-11-21(12-3-1)13-10-20-29-25-17-7-4-14-22(25)28(23-15-5-8-18-26(23)29)24-16-6-9-19-27(24)29/h1-9,11-20,28H. The summed E-state index contributed by atoms with van der Waals surface area (Å²) in [4.78, 5) is 0. The molecular weight excluding hydrogens is 348 g/mol. The fourth-order valence-corrected chi connectivity index (χ4v) is 5.31. The van der Waals surface area contributed by atoms with Crippen molar-refractivity contribution in [1.82, 2.24) is 0 Å². The van der Waals surface area contributed by atoms with Crippen LogP contribution in [-0.2, 0) is 5.41 Å². The quantitative estimate of drug-likeness (QED) is 0.346. The fraction of sp³-hybridized carbons (Fsp3) is 0.0690. The van der Waals surface area contributed by atoms with Crippen LogP contribution in [0, 0.1) is 0 Å². The van der Waals surface area contributed by atoms with Gasteiger partial charge in [0.25, 0.3) is 0 Å². The predicted octanol–water partition coefficient (Wildman–Crippen LogP) is 6.70. The molecule has 7 rings (SSSR count). The molecule has 0 heteroatoms. The number of allylic oxidation sites excluding steroid dienone is 1. The Balaban J connectivity index is 1.69. The summed E-state index contributed by atoms with van der Waals surface area (Å²) in [6, 6.07) is 37.2. The lowest BCUT2D eigenvalue weighted by atomic mass is 9.53. The first-order valence-corrected chi connectivity index (χ1v) is 10.2. The molecule has 3 aliphatic rings. The average molecular weight is 368 g/mol. The maximum Gasteiger partial charge on any atom is 0.0714 e. The zero-order valence-electron chi connectivity index (χ0n) is 16.0. The second kappa shape index (κ2) is 6.21. The Morgan fingerprint density at radius 1 is 0.552 bits per heavy atom. The van der Waals surface area contributed by atoms with Crippen molar-refractivity contribution in [3.63, 3.8) is 0 Å². The van der Waals surface area contributed by atoms with E-state index in [2.05, 4.69) is 115 Å². The van der Waals surface area contributed by atoms with Crippen LogP contribution >= 0.6 is 0 Å². The Hall–Kier alpha value is -3.60. The van der Waals surface area contributed by atoms with Gasteiger partial charge in [0.1, 0.15) is 0 Å². The van der Waals surface area contributed by atoms with E-state index in [0.717, 1.165) is 0 Å². The molecule has 3 aliphatic carbocycles. The maximum atomic E-state index is 3.56. The monoisotopic (exact) mass is 368 g/mol. The van der Waals surface area contributed by atoms with Gasteiger partial charge in [-0.3, -0.25) is 0 Å². The molecule has 0 radical (unpaired) electrons. The molecule has 0 N–H and O–H groups in total. The van der Waals surface area contributed by atoms with Gasteiger partial charge in [-0.15, -0.1) is 5.73 Å². The van der Waals surface area contributed by atoms with Gasteiger partial charge in [-0.25, -0.2) is 0 Å². The Kier molecular flexibility index (Phi) is 3.50. The first-order valence-electron chi connectivity index (χ1n) is 10.2. The van der Waals surface area contributed by atoms with Gasteiger partial charge in [0, 0.05) is 5.92 Å². The van der Waals surface area contributed by atoms with Crippen LogP contribution in [0.25, 0.3) is 6.08 Å². The summed E-state index contributed by atoms with van der Waals surface area (Å²) >= 11 is 0. The summed E-state index contributed by atoms with van der Waals surface area (Å²) in [6.07, 6.45) is 4.37. The highest BCUT2D eigenvalue weighted by molar-refractivity contribution is 5.74. The van der Waals surface area contributed by atoms with E-state index in [9.17, 15) is 0 Å². The molecular formula is C29H20. The average Bonchev–Trinajstić information content (AvgIpc) is 2.80. The molecule has 4 aromatic carbocycles. The van der Waals surface area contributed by atoms with Crippen LogP contribution in [0.4, 0.5) is 0 Å². The van der Waals surface area contributed by atoms with E-state index in [-0.39, 0.29) is 5.41 Å². The third-order valence-electron chi connectivity index (χ3n) is 6.44. The Bertz CT molecular complexity index is 1170. The number of hydrogen-bond donors (Lipinski definition) is 0. The molecule has 0 spiro atoms. The molecule has 0 nitrogen and oxygen atoms in total. The topological polar surface area (TPSA) is 0 Å². The molecule has 0 aliphatic heterocycles. The molecule has 0 fully saturated rings. The van der Waals surface area contributed by atoms with Crippen molar-refractivity contribution in [1.29, 1.82) is 0 Å². The van der Waals surface area contributed by atoms with Gasteiger partial charge >= 0.3 is 0 Å². The van der Waals surface area contributed by atoms with Gasteiger partial charge in [0.2, 0.25) is 0 Å². The van der Waals surface area contributed by atoms with Crippen LogP contribution in [0.15, 0.2) is 115 Å². The third kappa shape index (κ3) is 2.21. The summed E-state index contributed by atoms with van der Waals surface area (Å²) in [7, 11) is 0. The molecule has 0 heterocycles. The van der Waals surface area contributed by atoms with Gasteiger partial charge < -0.3 is 0 Å². The zero-order chi connectivity index (χ0) is 19.3. The lowest BCUT2D eigenvalue weighted by molar-refractivity contribution is 0.649. The van der Waals surface area contributed by atoms with E-state index < -0.39 is 0 Å². The molecule has 0 atom stereocenters. The Morgan fingerprint density at radius 2 is 1.00 bits per heavy atom. The molecule has 4 aromatic rings. The normalized spacial score (nSPS) is 20.1. The molecule has 0 saturated heterocycles. The Labute approximate surface area is 171 Å². The molecule has 0 amide bonds. The van der Waals surface area contributed by atoms with Crippen molar-refractivity contribution in [3.8, 4) is 0 Å². The van der Waals surface area contributed by atoms with Crippen molar-refractivity contribution < 1.29 is 0 Å². The van der Waals surface area contributed by atoms with Crippen molar-refractivity contribution in [2.24, 2.45) is 0 Å². The lowest BCUT2D eigenvalue weighted by Crippen LogP contribution is -2.40. The highest BCUT2D eigenvalue weighted by Gasteiger charge is 2.49. The maximum absolute atomic E-state index is 3.56. The van der Waals surface area contributed by atoms with Crippen LogP contribution in [-0.4, -0.2) is 0 Å². The second-order valence-corrected chi connectivity index (χ2v) is 7.87. The van der Waals surface area contributed by atoms with Crippen LogP contribution in [0.1, 0.15) is 44.9 Å². The van der Waals surface area contributed by atoms with E-state index in [0.29, 0.717) is 5.92 Å². The van der Waals surface area contributed by atoms with Gasteiger partial charge in [-0.2, -0.15) is 0 Å². The number of rotatable bonds is 2. The van der Waals surface area contributed by atoms with Crippen molar-refractivity contribution in [2.75, 3.05) is 0 Å². The molecule has 0 unspecified atom stereocenters. The number of hydrogen-bond acceptors (Lipinski definition) is 0. The molecule has 2 bridgehead atoms. The van der Waals surface area contributed by atoms with Gasteiger partial charge in [-0.1, -0.05) is 103 Å². The second-order valence-electron chi connectivity index (χ2n) is 7.87. The van der Waals surface area contributed by atoms with Gasteiger partial charge in [-0.05, 0) is 51.1 Å². The molecule has 0 aromatic heterocycles. The van der Waals surface area contributed by atoms with Crippen molar-refractivity contribution >= 4 is 6.08 Å². The van der Waals surface area contributed by atoms with Crippen LogP contribution in [0.2, 0.25) is 0 Å². The largest absolute Gasteiger partial charge is 0.123 e. The van der Waals surface area contributed by atoms with Crippen molar-refractivity contribution in [3.05, 3.63) is 154 Å². The first-order chi connectivity index (χ1) is 14.4. The van der Waals surface area contributed by atoms with E-state index in [4.69, 9.17) is 0 Å². The molecule has 29 heavy (non-hydrogen) atoms. The van der Waals surface area contributed by atoms with E-state index >= 15 is 0 Å². The van der Waals surface area contributed by atoms with Crippen molar-refractivity contribution in [2.45, 2.75) is 11.3 Å². The predicted molar refractivity (Wildman–Crippen MR) is 119 cm³/mol. The minimum atomic E-state index is -0.302. The summed E-state index contributed by atoms with van der Waals surface area (Å²) in [5.41, 5.74) is 12.8. The molecule has 136 valence electrons. The van der Waals surface area contributed by atoms with Crippen LogP contribution in [0.5, 0.6) is 0 Å². The van der Waals surface area contributed by atoms with E-state index in [1.807, 2.05) is 6.07 Å². The Morgan fingerprint density at radius 3 is 1.52 bits per heavy atom. The van der Waals surface area contributed by atoms with Gasteiger partial charge in [0.15, 0.2) is 0 Å².